The highest BCUT2D eigenvalue weighted by molar-refractivity contribution is 7.99. The zero-order valence-electron chi connectivity index (χ0n) is 10.9. The van der Waals surface area contributed by atoms with Crippen LogP contribution in [-0.2, 0) is 11.3 Å². The molecule has 7 heteroatoms. The van der Waals surface area contributed by atoms with Crippen LogP contribution in [0.1, 0.15) is 24.2 Å². The lowest BCUT2D eigenvalue weighted by Gasteiger charge is -2.12. The third-order valence-electron chi connectivity index (χ3n) is 3.44. The summed E-state index contributed by atoms with van der Waals surface area (Å²) in [6.45, 7) is 1.95. The lowest BCUT2D eigenvalue weighted by atomic mass is 10.0. The molecule has 0 bridgehead atoms. The molecule has 1 aromatic heterocycles. The number of carboxylic acids is 1. The molecule has 0 spiro atoms. The summed E-state index contributed by atoms with van der Waals surface area (Å²) in [4.78, 5) is 12.2. The SMILES string of the molecule is CC(Cn1nnnc1C1CSc2ccccc21)C(=O)O. The van der Waals surface area contributed by atoms with Gasteiger partial charge < -0.3 is 5.11 Å². The summed E-state index contributed by atoms with van der Waals surface area (Å²) in [6.07, 6.45) is 0. The zero-order valence-corrected chi connectivity index (χ0v) is 11.7. The molecule has 0 aliphatic carbocycles. The van der Waals surface area contributed by atoms with Gasteiger partial charge in [-0.2, -0.15) is 0 Å². The molecule has 6 nitrogen and oxygen atoms in total. The van der Waals surface area contributed by atoms with Gasteiger partial charge in [0, 0.05) is 10.6 Å². The minimum absolute atomic E-state index is 0.132. The Hall–Kier alpha value is -1.89. The van der Waals surface area contributed by atoms with Crippen molar-refractivity contribution in [1.29, 1.82) is 0 Å². The molecule has 0 fully saturated rings. The highest BCUT2D eigenvalue weighted by atomic mass is 32.2. The minimum atomic E-state index is -0.840. The number of hydrogen-bond donors (Lipinski definition) is 1. The molecule has 2 aromatic rings. The number of fused-ring (bicyclic) bond motifs is 1. The molecule has 2 heterocycles. The van der Waals surface area contributed by atoms with Gasteiger partial charge in [0.1, 0.15) is 0 Å². The second kappa shape index (κ2) is 5.24. The van der Waals surface area contributed by atoms with Gasteiger partial charge in [-0.15, -0.1) is 16.9 Å². The summed E-state index contributed by atoms with van der Waals surface area (Å²) < 4.78 is 1.62. The molecule has 3 rings (SSSR count). The fraction of sp³-hybridized carbons (Fsp3) is 0.385. The van der Waals surface area contributed by atoms with Gasteiger partial charge in [0.05, 0.1) is 18.4 Å². The second-order valence-corrected chi connectivity index (χ2v) is 5.92. The van der Waals surface area contributed by atoms with Crippen LogP contribution in [0.5, 0.6) is 0 Å². The van der Waals surface area contributed by atoms with Crippen molar-refractivity contribution in [2.75, 3.05) is 5.75 Å². The monoisotopic (exact) mass is 290 g/mol. The van der Waals surface area contributed by atoms with E-state index >= 15 is 0 Å². The van der Waals surface area contributed by atoms with Gasteiger partial charge >= 0.3 is 5.97 Å². The maximum absolute atomic E-state index is 11.0. The summed E-state index contributed by atoms with van der Waals surface area (Å²) in [5.74, 6) is 0.415. The quantitative estimate of drug-likeness (QED) is 0.921. The first-order valence-corrected chi connectivity index (χ1v) is 7.36. The van der Waals surface area contributed by atoms with Crippen molar-refractivity contribution in [3.63, 3.8) is 0 Å². The Labute approximate surface area is 120 Å². The van der Waals surface area contributed by atoms with Crippen molar-refractivity contribution in [3.8, 4) is 0 Å². The molecular formula is C13H14N4O2S. The lowest BCUT2D eigenvalue weighted by Crippen LogP contribution is -2.20. The molecule has 0 amide bonds. The maximum Gasteiger partial charge on any atom is 0.308 e. The second-order valence-electron chi connectivity index (χ2n) is 4.86. The third kappa shape index (κ3) is 2.29. The van der Waals surface area contributed by atoms with Crippen LogP contribution < -0.4 is 0 Å². The Morgan fingerprint density at radius 3 is 3.15 bits per heavy atom. The van der Waals surface area contributed by atoms with Crippen molar-refractivity contribution in [3.05, 3.63) is 35.7 Å². The van der Waals surface area contributed by atoms with Gasteiger partial charge in [0.25, 0.3) is 0 Å². The predicted molar refractivity (Wildman–Crippen MR) is 73.6 cm³/mol. The third-order valence-corrected chi connectivity index (χ3v) is 4.62. The van der Waals surface area contributed by atoms with E-state index in [1.165, 1.54) is 10.5 Å². The van der Waals surface area contributed by atoms with E-state index in [9.17, 15) is 4.79 Å². The van der Waals surface area contributed by atoms with Gasteiger partial charge in [0.2, 0.25) is 0 Å². The molecule has 0 saturated heterocycles. The fourth-order valence-corrected chi connectivity index (χ4v) is 3.53. The van der Waals surface area contributed by atoms with Gasteiger partial charge in [0.15, 0.2) is 5.82 Å². The van der Waals surface area contributed by atoms with Gasteiger partial charge in [-0.05, 0) is 22.1 Å². The number of carbonyl (C=O) groups is 1. The molecule has 0 saturated carbocycles. The highest BCUT2D eigenvalue weighted by Gasteiger charge is 2.29. The molecule has 2 atom stereocenters. The smallest absolute Gasteiger partial charge is 0.308 e. The van der Waals surface area contributed by atoms with Crippen LogP contribution in [0.4, 0.5) is 0 Å². The lowest BCUT2D eigenvalue weighted by molar-refractivity contribution is -0.141. The van der Waals surface area contributed by atoms with Crippen molar-refractivity contribution >= 4 is 17.7 Å². The van der Waals surface area contributed by atoms with Crippen molar-refractivity contribution in [1.82, 2.24) is 20.2 Å². The van der Waals surface area contributed by atoms with Crippen molar-refractivity contribution < 1.29 is 9.90 Å². The van der Waals surface area contributed by atoms with Crippen molar-refractivity contribution in [2.45, 2.75) is 24.3 Å². The van der Waals surface area contributed by atoms with E-state index in [1.807, 2.05) is 12.1 Å². The van der Waals surface area contributed by atoms with Crippen LogP contribution in [0, 0.1) is 5.92 Å². The van der Waals surface area contributed by atoms with E-state index in [4.69, 9.17) is 5.11 Å². The Morgan fingerprint density at radius 1 is 1.55 bits per heavy atom. The zero-order chi connectivity index (χ0) is 14.1. The normalized spacial score (nSPS) is 18.8. The number of carboxylic acid groups (broad SMARTS) is 1. The number of thioether (sulfide) groups is 1. The molecule has 2 unspecified atom stereocenters. The largest absolute Gasteiger partial charge is 0.481 e. The number of rotatable bonds is 4. The predicted octanol–water partition coefficient (Wildman–Crippen LogP) is 1.63. The fourth-order valence-electron chi connectivity index (χ4n) is 2.31. The first-order chi connectivity index (χ1) is 9.66. The van der Waals surface area contributed by atoms with Crippen LogP contribution in [0.25, 0.3) is 0 Å². The Kier molecular flexibility index (Phi) is 3.43. The van der Waals surface area contributed by atoms with Crippen LogP contribution in [0.3, 0.4) is 0 Å². The van der Waals surface area contributed by atoms with Crippen LogP contribution >= 0.6 is 11.8 Å². The number of benzene rings is 1. The molecular weight excluding hydrogens is 276 g/mol. The molecule has 20 heavy (non-hydrogen) atoms. The molecule has 1 aliphatic rings. The van der Waals surface area contributed by atoms with Gasteiger partial charge in [-0.1, -0.05) is 25.1 Å². The Bertz CT molecular complexity index is 643. The molecule has 0 radical (unpaired) electrons. The van der Waals surface area contributed by atoms with Gasteiger partial charge in [-0.25, -0.2) is 4.68 Å². The number of tetrazole rings is 1. The summed E-state index contributed by atoms with van der Waals surface area (Å²) in [7, 11) is 0. The molecule has 1 aliphatic heterocycles. The Balaban J connectivity index is 1.89. The first kappa shape index (κ1) is 13.1. The van der Waals surface area contributed by atoms with Crippen LogP contribution in [0.2, 0.25) is 0 Å². The van der Waals surface area contributed by atoms with Crippen LogP contribution in [-0.4, -0.2) is 37.0 Å². The average Bonchev–Trinajstić information content (AvgIpc) is 3.04. The molecule has 104 valence electrons. The van der Waals surface area contributed by atoms with E-state index in [-0.39, 0.29) is 5.92 Å². The van der Waals surface area contributed by atoms with E-state index < -0.39 is 11.9 Å². The first-order valence-electron chi connectivity index (χ1n) is 6.37. The molecule has 1 N–H and O–H groups in total. The van der Waals surface area contributed by atoms with Crippen LogP contribution in [0.15, 0.2) is 29.2 Å². The van der Waals surface area contributed by atoms with E-state index in [0.29, 0.717) is 6.54 Å². The summed E-state index contributed by atoms with van der Waals surface area (Å²) >= 11 is 1.78. The maximum atomic E-state index is 11.0. The van der Waals surface area contributed by atoms with E-state index in [2.05, 4.69) is 27.7 Å². The van der Waals surface area contributed by atoms with Crippen molar-refractivity contribution in [2.24, 2.45) is 5.92 Å². The Morgan fingerprint density at radius 2 is 2.35 bits per heavy atom. The summed E-state index contributed by atoms with van der Waals surface area (Å²) in [5, 5.41) is 20.8. The number of nitrogens with zero attached hydrogens (tertiary/aromatic N) is 4. The average molecular weight is 290 g/mol. The van der Waals surface area contributed by atoms with Gasteiger partial charge in [-0.3, -0.25) is 4.79 Å². The minimum Gasteiger partial charge on any atom is -0.481 e. The number of aliphatic carboxylic acids is 1. The highest BCUT2D eigenvalue weighted by Crippen LogP contribution is 2.41. The number of aromatic nitrogens is 4. The van der Waals surface area contributed by atoms with E-state index in [1.54, 1.807) is 23.4 Å². The molecule has 1 aromatic carbocycles. The van der Waals surface area contributed by atoms with E-state index in [0.717, 1.165) is 11.6 Å². The standard InChI is InChI=1S/C13H14N4O2S/c1-8(13(18)19)6-17-12(14-15-16-17)10-7-20-11-5-3-2-4-9(10)11/h2-5,8,10H,6-7H2,1H3,(H,18,19). The summed E-state index contributed by atoms with van der Waals surface area (Å²) in [6, 6.07) is 8.20. The topological polar surface area (TPSA) is 80.9 Å². The number of hydrogen-bond acceptors (Lipinski definition) is 5. The summed E-state index contributed by atoms with van der Waals surface area (Å²) in [5.41, 5.74) is 1.22.